The average Bonchev–Trinajstić information content (AvgIpc) is 2.70. The minimum Gasteiger partial charge on any atom is -0.477 e. The van der Waals surface area contributed by atoms with Gasteiger partial charge in [0.25, 0.3) is 0 Å². The van der Waals surface area contributed by atoms with Gasteiger partial charge >= 0.3 is 5.97 Å². The Bertz CT molecular complexity index is 1190. The maximum Gasteiger partial charge on any atom is 0.341 e. The van der Waals surface area contributed by atoms with E-state index in [4.69, 9.17) is 11.6 Å². The van der Waals surface area contributed by atoms with Crippen molar-refractivity contribution in [1.29, 1.82) is 0 Å². The number of hydrogen-bond acceptors (Lipinski definition) is 5. The number of carboxylic acid groups (broad SMARTS) is 1. The highest BCUT2D eigenvalue weighted by molar-refractivity contribution is 9.10. The highest BCUT2D eigenvalue weighted by atomic mass is 79.9. The lowest BCUT2D eigenvalue weighted by Crippen LogP contribution is -2.44. The number of piperazine rings is 1. The van der Waals surface area contributed by atoms with E-state index < -0.39 is 22.8 Å². The van der Waals surface area contributed by atoms with Gasteiger partial charge in [-0.2, -0.15) is 0 Å². The van der Waals surface area contributed by atoms with Crippen LogP contribution < -0.4 is 15.6 Å². The molecule has 3 aromatic rings. The van der Waals surface area contributed by atoms with Crippen LogP contribution >= 0.6 is 27.5 Å². The third kappa shape index (κ3) is 3.39. The highest BCUT2D eigenvalue weighted by Crippen LogP contribution is 2.37. The van der Waals surface area contributed by atoms with Gasteiger partial charge in [0.15, 0.2) is 5.82 Å². The first-order valence-corrected chi connectivity index (χ1v) is 9.94. The minimum atomic E-state index is -1.42. The van der Waals surface area contributed by atoms with Gasteiger partial charge in [-0.1, -0.05) is 11.6 Å². The fraction of sp³-hybridized carbons (Fsp3) is 0.211. The number of pyridine rings is 2. The van der Waals surface area contributed by atoms with Crippen molar-refractivity contribution in [1.82, 2.24) is 14.9 Å². The van der Waals surface area contributed by atoms with Crippen LogP contribution in [0.2, 0.25) is 5.02 Å². The number of benzene rings is 1. The summed E-state index contributed by atoms with van der Waals surface area (Å²) in [7, 11) is 0. The molecule has 1 fully saturated rings. The number of halogens is 3. The molecule has 0 bridgehead atoms. The van der Waals surface area contributed by atoms with Crippen LogP contribution in [0.25, 0.3) is 16.7 Å². The van der Waals surface area contributed by atoms with Crippen molar-refractivity contribution in [3.05, 3.63) is 61.7 Å². The lowest BCUT2D eigenvalue weighted by atomic mass is 10.1. The minimum absolute atomic E-state index is 0.0356. The van der Waals surface area contributed by atoms with Gasteiger partial charge in [-0.05, 0) is 34.1 Å². The smallest absolute Gasteiger partial charge is 0.341 e. The second-order valence-corrected chi connectivity index (χ2v) is 7.74. The Morgan fingerprint density at radius 2 is 2.07 bits per heavy atom. The van der Waals surface area contributed by atoms with Gasteiger partial charge < -0.3 is 15.3 Å². The zero-order chi connectivity index (χ0) is 20.7. The quantitative estimate of drug-likeness (QED) is 0.598. The third-order valence-corrected chi connectivity index (χ3v) is 5.76. The van der Waals surface area contributed by atoms with Gasteiger partial charge in [0, 0.05) is 38.6 Å². The average molecular weight is 482 g/mol. The van der Waals surface area contributed by atoms with Gasteiger partial charge in [0.2, 0.25) is 5.43 Å². The molecule has 150 valence electrons. The second-order valence-electron chi connectivity index (χ2n) is 6.51. The summed E-state index contributed by atoms with van der Waals surface area (Å²) in [6.45, 7) is 2.44. The molecule has 0 spiro atoms. The van der Waals surface area contributed by atoms with Crippen LogP contribution in [0.4, 0.5) is 10.1 Å². The number of rotatable bonds is 3. The van der Waals surface area contributed by atoms with E-state index in [-0.39, 0.29) is 21.6 Å². The largest absolute Gasteiger partial charge is 0.477 e. The van der Waals surface area contributed by atoms with Crippen molar-refractivity contribution in [3.8, 4) is 5.82 Å². The number of anilines is 1. The van der Waals surface area contributed by atoms with Crippen LogP contribution in [0.3, 0.4) is 0 Å². The predicted octanol–water partition coefficient (Wildman–Crippen LogP) is 3.05. The third-order valence-electron chi connectivity index (χ3n) is 4.79. The van der Waals surface area contributed by atoms with Crippen molar-refractivity contribution in [2.24, 2.45) is 0 Å². The van der Waals surface area contributed by atoms with Gasteiger partial charge in [-0.3, -0.25) is 9.36 Å². The molecule has 1 aliphatic heterocycles. The fourth-order valence-corrected chi connectivity index (χ4v) is 4.31. The number of fused-ring (bicyclic) bond motifs is 1. The number of carbonyl (C=O) groups is 1. The summed E-state index contributed by atoms with van der Waals surface area (Å²) in [6, 6.07) is 4.48. The second kappa shape index (κ2) is 7.74. The highest BCUT2D eigenvalue weighted by Gasteiger charge is 2.25. The predicted molar refractivity (Wildman–Crippen MR) is 112 cm³/mol. The monoisotopic (exact) mass is 480 g/mol. The molecule has 0 aliphatic carbocycles. The maximum atomic E-state index is 15.0. The Labute approximate surface area is 177 Å². The van der Waals surface area contributed by atoms with E-state index in [1.807, 2.05) is 0 Å². The lowest BCUT2D eigenvalue weighted by molar-refractivity contribution is 0.0695. The van der Waals surface area contributed by atoms with Crippen LogP contribution in [0.15, 0.2) is 39.9 Å². The van der Waals surface area contributed by atoms with Gasteiger partial charge in [-0.25, -0.2) is 14.2 Å². The summed E-state index contributed by atoms with van der Waals surface area (Å²) in [5.41, 5.74) is -0.913. The van der Waals surface area contributed by atoms with E-state index in [0.717, 1.165) is 6.07 Å². The van der Waals surface area contributed by atoms with E-state index in [9.17, 15) is 14.7 Å². The molecule has 2 N–H and O–H groups in total. The Kier molecular flexibility index (Phi) is 5.28. The van der Waals surface area contributed by atoms with Crippen molar-refractivity contribution in [2.75, 3.05) is 31.1 Å². The zero-order valence-electron chi connectivity index (χ0n) is 15.0. The Hall–Kier alpha value is -2.49. The molecule has 2 aromatic heterocycles. The summed E-state index contributed by atoms with van der Waals surface area (Å²) in [5.74, 6) is -1.75. The van der Waals surface area contributed by atoms with Crippen molar-refractivity contribution in [3.63, 3.8) is 0 Å². The molecular weight excluding hydrogens is 467 g/mol. The molecule has 0 saturated carbocycles. The first-order chi connectivity index (χ1) is 13.9. The number of aromatic carboxylic acids is 1. The molecule has 10 heteroatoms. The SMILES string of the molecule is O=C(O)c1cn(-c2ncccc2Br)c2c(Cl)c(N3CCNCC3)c(F)cc2c1=O. The zero-order valence-corrected chi connectivity index (χ0v) is 17.3. The van der Waals surface area contributed by atoms with Gasteiger partial charge in [0.05, 0.1) is 26.1 Å². The summed E-state index contributed by atoms with van der Waals surface area (Å²) in [5, 5.41) is 12.6. The van der Waals surface area contributed by atoms with Crippen LogP contribution in [-0.4, -0.2) is 46.8 Å². The standard InChI is InChI=1S/C19H15BrClFN4O3/c20-12-2-1-3-24-18(12)26-9-11(19(28)29)17(27)10-8-13(22)16(14(21)15(10)26)25-6-4-23-5-7-25/h1-3,8-9,23H,4-7H2,(H,28,29). The Morgan fingerprint density at radius 1 is 1.34 bits per heavy atom. The van der Waals surface area contributed by atoms with Crippen molar-refractivity contribution >= 4 is 50.1 Å². The lowest BCUT2D eigenvalue weighted by Gasteiger charge is -2.31. The molecule has 29 heavy (non-hydrogen) atoms. The molecular formula is C19H15BrClFN4O3. The van der Waals surface area contributed by atoms with Crippen LogP contribution in [0, 0.1) is 5.82 Å². The molecule has 0 unspecified atom stereocenters. The molecule has 4 rings (SSSR count). The van der Waals surface area contributed by atoms with E-state index in [2.05, 4.69) is 26.2 Å². The molecule has 3 heterocycles. The molecule has 1 aliphatic rings. The summed E-state index contributed by atoms with van der Waals surface area (Å²) < 4.78 is 17.0. The molecule has 0 radical (unpaired) electrons. The van der Waals surface area contributed by atoms with Crippen molar-refractivity contribution in [2.45, 2.75) is 0 Å². The maximum absolute atomic E-state index is 15.0. The first-order valence-electron chi connectivity index (χ1n) is 8.77. The number of aromatic nitrogens is 2. The normalized spacial score (nSPS) is 14.4. The Morgan fingerprint density at radius 3 is 2.72 bits per heavy atom. The molecule has 1 aromatic carbocycles. The van der Waals surface area contributed by atoms with Crippen LogP contribution in [-0.2, 0) is 0 Å². The van der Waals surface area contributed by atoms with E-state index in [0.29, 0.717) is 36.5 Å². The molecule has 1 saturated heterocycles. The van der Waals surface area contributed by atoms with Crippen molar-refractivity contribution < 1.29 is 14.3 Å². The Balaban J connectivity index is 2.12. The van der Waals surface area contributed by atoms with E-state index in [1.165, 1.54) is 17.0 Å². The topological polar surface area (TPSA) is 87.5 Å². The summed E-state index contributed by atoms with van der Waals surface area (Å²) in [6.07, 6.45) is 2.70. The van der Waals surface area contributed by atoms with Gasteiger partial charge in [0.1, 0.15) is 11.4 Å². The number of carboxylic acids is 1. The van der Waals surface area contributed by atoms with Gasteiger partial charge in [-0.15, -0.1) is 0 Å². The fourth-order valence-electron chi connectivity index (χ4n) is 3.46. The van der Waals surface area contributed by atoms with Crippen LogP contribution in [0.1, 0.15) is 10.4 Å². The summed E-state index contributed by atoms with van der Waals surface area (Å²) >= 11 is 10.0. The number of nitrogens with zero attached hydrogens (tertiary/aromatic N) is 3. The van der Waals surface area contributed by atoms with Crippen LogP contribution in [0.5, 0.6) is 0 Å². The number of hydrogen-bond donors (Lipinski definition) is 2. The summed E-state index contributed by atoms with van der Waals surface area (Å²) in [4.78, 5) is 30.5. The van der Waals surface area contributed by atoms with E-state index >= 15 is 4.39 Å². The molecule has 0 atom stereocenters. The molecule has 0 amide bonds. The molecule has 7 nitrogen and oxygen atoms in total. The first kappa shape index (κ1) is 19.8. The number of nitrogens with one attached hydrogen (secondary N) is 1. The van der Waals surface area contributed by atoms with E-state index in [1.54, 1.807) is 17.0 Å².